The number of allylic oxidation sites excluding steroid dienone is 8. The van der Waals surface area contributed by atoms with Gasteiger partial charge in [-0.05, 0) is 77.7 Å². The third-order valence-corrected chi connectivity index (χ3v) is 4.12. The van der Waals surface area contributed by atoms with Gasteiger partial charge in [0.2, 0.25) is 0 Å². The monoisotopic (exact) mass is 312 g/mol. The highest BCUT2D eigenvalue weighted by atomic mass is 14.2. The van der Waals surface area contributed by atoms with Crippen molar-refractivity contribution in [3.63, 3.8) is 0 Å². The Balaban J connectivity index is 4.16. The molecule has 0 aromatic heterocycles. The van der Waals surface area contributed by atoms with Crippen LogP contribution in [0.4, 0.5) is 0 Å². The Morgan fingerprint density at radius 3 is 0.667 bits per heavy atom. The van der Waals surface area contributed by atoms with E-state index < -0.39 is 0 Å². The van der Waals surface area contributed by atoms with Gasteiger partial charge in [0.15, 0.2) is 0 Å². The Morgan fingerprint density at radius 1 is 0.375 bits per heavy atom. The highest BCUT2D eigenvalue weighted by molar-refractivity contribution is 5.72. The molecule has 1 aliphatic rings. The van der Waals surface area contributed by atoms with Crippen LogP contribution in [0.1, 0.15) is 55.4 Å². The quantitative estimate of drug-likeness (QED) is 0.528. The van der Waals surface area contributed by atoms with Crippen molar-refractivity contribution in [3.8, 4) is 47.4 Å². The number of hydrogen-bond acceptors (Lipinski definition) is 0. The molecular weight excluding hydrogens is 288 g/mol. The molecule has 0 amide bonds. The molecule has 0 saturated carbocycles. The molecule has 0 fully saturated rings. The minimum Gasteiger partial charge on any atom is -0.101 e. The molecule has 0 N–H and O–H groups in total. The first-order chi connectivity index (χ1) is 11.4. The molecule has 0 aromatic rings. The Labute approximate surface area is 147 Å². The van der Waals surface area contributed by atoms with Crippen LogP contribution in [0.25, 0.3) is 0 Å². The Hall–Kier alpha value is -2.80. The zero-order valence-corrected chi connectivity index (χ0v) is 16.0. The van der Waals surface area contributed by atoms with Gasteiger partial charge >= 0.3 is 0 Å². The van der Waals surface area contributed by atoms with Crippen LogP contribution in [0.3, 0.4) is 0 Å². The maximum Gasteiger partial charge on any atom is 0.0436 e. The first-order valence-corrected chi connectivity index (χ1v) is 8.00. The maximum absolute atomic E-state index is 3.26. The molecule has 24 heavy (non-hydrogen) atoms. The molecule has 1 aliphatic carbocycles. The topological polar surface area (TPSA) is 0 Å². The standard InChI is InChI=1S/C24H24/c1-9-13-21-17(5)18(6)23(15-11-3)24(16-12-4)20(8)19(7)22(21)14-10-2/h1-8H3/b18-17-,20-19?,21-17?,22-19?,22-21-,23-18?,24-20?,24-23?. The summed E-state index contributed by atoms with van der Waals surface area (Å²) in [5, 5.41) is 0. The molecular formula is C24H24. The van der Waals surface area contributed by atoms with Crippen molar-refractivity contribution < 1.29 is 0 Å². The molecule has 1 rings (SSSR count). The van der Waals surface area contributed by atoms with Crippen LogP contribution in [0, 0.1) is 47.4 Å². The van der Waals surface area contributed by atoms with Gasteiger partial charge in [-0.3, -0.25) is 0 Å². The van der Waals surface area contributed by atoms with E-state index in [9.17, 15) is 0 Å². The first kappa shape index (κ1) is 19.2. The Kier molecular flexibility index (Phi) is 7.00. The van der Waals surface area contributed by atoms with Crippen molar-refractivity contribution in [2.45, 2.75) is 55.4 Å². The average molecular weight is 312 g/mol. The van der Waals surface area contributed by atoms with Gasteiger partial charge in [0, 0.05) is 22.3 Å². The lowest BCUT2D eigenvalue weighted by Crippen LogP contribution is -2.05. The molecule has 0 nitrogen and oxygen atoms in total. The fourth-order valence-corrected chi connectivity index (χ4v) is 2.62. The first-order valence-electron chi connectivity index (χ1n) is 8.00. The summed E-state index contributed by atoms with van der Waals surface area (Å²) in [6.07, 6.45) is 0. The minimum absolute atomic E-state index is 0.986. The summed E-state index contributed by atoms with van der Waals surface area (Å²) in [7, 11) is 0. The van der Waals surface area contributed by atoms with Gasteiger partial charge in [-0.2, -0.15) is 0 Å². The summed E-state index contributed by atoms with van der Waals surface area (Å²) in [5.41, 5.74) is 8.40. The van der Waals surface area contributed by atoms with E-state index in [0.29, 0.717) is 0 Å². The third kappa shape index (κ3) is 3.75. The van der Waals surface area contributed by atoms with E-state index in [0.717, 1.165) is 44.6 Å². The van der Waals surface area contributed by atoms with Crippen LogP contribution in [-0.2, 0) is 0 Å². The molecule has 0 radical (unpaired) electrons. The highest BCUT2D eigenvalue weighted by Gasteiger charge is 2.20. The molecule has 120 valence electrons. The summed E-state index contributed by atoms with van der Waals surface area (Å²) in [6.45, 7) is 15.8. The fourth-order valence-electron chi connectivity index (χ4n) is 2.62. The molecule has 0 spiro atoms. The van der Waals surface area contributed by atoms with Gasteiger partial charge in [0.25, 0.3) is 0 Å². The summed E-state index contributed by atoms with van der Waals surface area (Å²) in [6, 6.07) is 0. The van der Waals surface area contributed by atoms with Crippen LogP contribution >= 0.6 is 0 Å². The summed E-state index contributed by atoms with van der Waals surface area (Å²) >= 11 is 0. The molecule has 0 aliphatic heterocycles. The second-order valence-corrected chi connectivity index (χ2v) is 5.50. The van der Waals surface area contributed by atoms with Gasteiger partial charge in [0.05, 0.1) is 0 Å². The molecule has 0 saturated heterocycles. The van der Waals surface area contributed by atoms with Gasteiger partial charge in [-0.1, -0.05) is 23.7 Å². The largest absolute Gasteiger partial charge is 0.101 e. The van der Waals surface area contributed by atoms with Crippen LogP contribution in [-0.4, -0.2) is 0 Å². The summed E-state index contributed by atoms with van der Waals surface area (Å²) in [4.78, 5) is 0. The van der Waals surface area contributed by atoms with Crippen molar-refractivity contribution in [1.29, 1.82) is 0 Å². The minimum atomic E-state index is 0.986. The molecule has 0 aromatic carbocycles. The lowest BCUT2D eigenvalue weighted by molar-refractivity contribution is 1.21. The van der Waals surface area contributed by atoms with E-state index in [1.165, 1.54) is 0 Å². The second-order valence-electron chi connectivity index (χ2n) is 5.50. The SMILES string of the molecule is CC#CC1=C(C#CC)/C(C)=C(C)\C(C#CC)=C(\C#CC)C(C)=C1C. The second kappa shape index (κ2) is 8.73. The average Bonchev–Trinajstić information content (AvgIpc) is 2.58. The van der Waals surface area contributed by atoms with Gasteiger partial charge in [-0.15, -0.1) is 23.7 Å². The maximum atomic E-state index is 3.26. The third-order valence-electron chi connectivity index (χ3n) is 4.12. The molecule has 0 heterocycles. The van der Waals surface area contributed by atoms with E-state index >= 15 is 0 Å². The molecule has 0 heteroatoms. The number of hydrogen-bond donors (Lipinski definition) is 0. The smallest absolute Gasteiger partial charge is 0.0436 e. The van der Waals surface area contributed by atoms with Crippen LogP contribution < -0.4 is 0 Å². The molecule has 0 unspecified atom stereocenters. The Morgan fingerprint density at radius 2 is 0.542 bits per heavy atom. The van der Waals surface area contributed by atoms with Crippen molar-refractivity contribution in [2.24, 2.45) is 0 Å². The molecule has 0 bridgehead atoms. The van der Waals surface area contributed by atoms with E-state index in [1.54, 1.807) is 0 Å². The van der Waals surface area contributed by atoms with Gasteiger partial charge < -0.3 is 0 Å². The van der Waals surface area contributed by atoms with E-state index in [-0.39, 0.29) is 0 Å². The van der Waals surface area contributed by atoms with Crippen LogP contribution in [0.2, 0.25) is 0 Å². The normalized spacial score (nSPS) is 20.3. The van der Waals surface area contributed by atoms with Crippen molar-refractivity contribution in [2.75, 3.05) is 0 Å². The zero-order valence-electron chi connectivity index (χ0n) is 16.0. The lowest BCUT2D eigenvalue weighted by Gasteiger charge is -2.19. The van der Waals surface area contributed by atoms with Crippen LogP contribution in [0.5, 0.6) is 0 Å². The fraction of sp³-hybridized carbons (Fsp3) is 0.333. The van der Waals surface area contributed by atoms with Gasteiger partial charge in [-0.25, -0.2) is 0 Å². The Bertz CT molecular complexity index is 766. The van der Waals surface area contributed by atoms with Crippen molar-refractivity contribution in [3.05, 3.63) is 44.6 Å². The van der Waals surface area contributed by atoms with Crippen molar-refractivity contribution >= 4 is 0 Å². The predicted molar refractivity (Wildman–Crippen MR) is 105 cm³/mol. The lowest BCUT2D eigenvalue weighted by atomic mass is 9.83. The zero-order chi connectivity index (χ0) is 18.3. The highest BCUT2D eigenvalue weighted by Crippen LogP contribution is 2.34. The van der Waals surface area contributed by atoms with E-state index in [1.807, 2.05) is 27.7 Å². The van der Waals surface area contributed by atoms with E-state index in [4.69, 9.17) is 0 Å². The summed E-state index contributed by atoms with van der Waals surface area (Å²) in [5.74, 6) is 25.1. The summed E-state index contributed by atoms with van der Waals surface area (Å²) < 4.78 is 0. The molecule has 0 atom stereocenters. The van der Waals surface area contributed by atoms with Crippen molar-refractivity contribution in [1.82, 2.24) is 0 Å². The van der Waals surface area contributed by atoms with Gasteiger partial charge in [0.1, 0.15) is 0 Å². The van der Waals surface area contributed by atoms with Crippen LogP contribution in [0.15, 0.2) is 44.6 Å². The predicted octanol–water partition coefficient (Wildman–Crippen LogP) is 5.36. The van der Waals surface area contributed by atoms with E-state index in [2.05, 4.69) is 75.1 Å². The number of rotatable bonds is 0.